The molecule has 0 fully saturated rings. The molecule has 6 heteroatoms. The van der Waals surface area contributed by atoms with E-state index in [1.807, 2.05) is 36.4 Å². The van der Waals surface area contributed by atoms with Gasteiger partial charge in [-0.15, -0.1) is 10.2 Å². The lowest BCUT2D eigenvalue weighted by atomic mass is 10.2. The van der Waals surface area contributed by atoms with Crippen LogP contribution < -0.4 is 4.74 Å². The number of nitrogens with zero attached hydrogens (tertiary/aromatic N) is 2. The van der Waals surface area contributed by atoms with Gasteiger partial charge < -0.3 is 9.15 Å². The number of rotatable bonds is 5. The van der Waals surface area contributed by atoms with Crippen LogP contribution in [-0.2, 0) is 5.75 Å². The summed E-state index contributed by atoms with van der Waals surface area (Å²) in [5.41, 5.74) is 1.94. The Labute approximate surface area is 137 Å². The molecule has 0 unspecified atom stereocenters. The highest BCUT2D eigenvalue weighted by Gasteiger charge is 2.09. The molecule has 0 N–H and O–H groups in total. The lowest BCUT2D eigenvalue weighted by Crippen LogP contribution is -1.85. The Bertz CT molecular complexity index is 776. The molecule has 0 bridgehead atoms. The number of hydrogen-bond donors (Lipinski definition) is 0. The van der Waals surface area contributed by atoms with Gasteiger partial charge in [0.05, 0.1) is 7.11 Å². The van der Waals surface area contributed by atoms with E-state index < -0.39 is 0 Å². The molecular weight excluding hydrogens is 320 g/mol. The molecule has 0 aliphatic heterocycles. The van der Waals surface area contributed by atoms with Crippen molar-refractivity contribution in [2.24, 2.45) is 0 Å². The van der Waals surface area contributed by atoms with Gasteiger partial charge in [-0.2, -0.15) is 0 Å². The standard InChI is InChI=1S/C16H13ClN2O2S/c1-20-14-7-2-4-11(8-14)10-22-16-19-18-15(21-16)12-5-3-6-13(17)9-12/h2-9H,10H2,1H3. The van der Waals surface area contributed by atoms with Gasteiger partial charge in [0.2, 0.25) is 5.89 Å². The van der Waals surface area contributed by atoms with Gasteiger partial charge in [0.25, 0.3) is 5.22 Å². The minimum atomic E-state index is 0.468. The number of hydrogen-bond acceptors (Lipinski definition) is 5. The first-order valence-electron chi connectivity index (χ1n) is 6.60. The monoisotopic (exact) mass is 332 g/mol. The minimum absolute atomic E-state index is 0.468. The highest BCUT2D eigenvalue weighted by atomic mass is 35.5. The smallest absolute Gasteiger partial charge is 0.277 e. The molecule has 0 spiro atoms. The summed E-state index contributed by atoms with van der Waals surface area (Å²) in [5, 5.41) is 9.27. The Morgan fingerprint density at radius 1 is 1.14 bits per heavy atom. The van der Waals surface area contributed by atoms with Gasteiger partial charge in [-0.05, 0) is 35.9 Å². The van der Waals surface area contributed by atoms with E-state index in [0.29, 0.717) is 16.1 Å². The molecule has 3 rings (SSSR count). The summed E-state index contributed by atoms with van der Waals surface area (Å²) in [6.07, 6.45) is 0. The Balaban J connectivity index is 1.69. The van der Waals surface area contributed by atoms with Gasteiger partial charge in [-0.25, -0.2) is 0 Å². The van der Waals surface area contributed by atoms with Gasteiger partial charge in [0.1, 0.15) is 5.75 Å². The van der Waals surface area contributed by atoms with Crippen LogP contribution >= 0.6 is 23.4 Å². The summed E-state index contributed by atoms with van der Waals surface area (Å²) in [7, 11) is 1.65. The van der Waals surface area contributed by atoms with Crippen LogP contribution in [0, 0.1) is 0 Å². The Kier molecular flexibility index (Phi) is 4.65. The van der Waals surface area contributed by atoms with Crippen LogP contribution in [0.2, 0.25) is 5.02 Å². The van der Waals surface area contributed by atoms with E-state index in [4.69, 9.17) is 20.8 Å². The molecule has 112 valence electrons. The number of methoxy groups -OCH3 is 1. The van der Waals surface area contributed by atoms with Crippen molar-refractivity contribution in [3.63, 3.8) is 0 Å². The molecule has 0 radical (unpaired) electrons. The van der Waals surface area contributed by atoms with E-state index >= 15 is 0 Å². The van der Waals surface area contributed by atoms with Crippen LogP contribution in [-0.4, -0.2) is 17.3 Å². The molecular formula is C16H13ClN2O2S. The summed E-state index contributed by atoms with van der Waals surface area (Å²) in [6.45, 7) is 0. The van der Waals surface area contributed by atoms with E-state index in [2.05, 4.69) is 10.2 Å². The third-order valence-corrected chi connectivity index (χ3v) is 4.10. The predicted octanol–water partition coefficient (Wildman–Crippen LogP) is 4.69. The van der Waals surface area contributed by atoms with Crippen molar-refractivity contribution >= 4 is 23.4 Å². The van der Waals surface area contributed by atoms with Crippen molar-refractivity contribution in [1.29, 1.82) is 0 Å². The molecule has 0 aliphatic rings. The molecule has 2 aromatic carbocycles. The zero-order valence-corrected chi connectivity index (χ0v) is 13.4. The van der Waals surface area contributed by atoms with Crippen molar-refractivity contribution in [3.05, 3.63) is 59.1 Å². The van der Waals surface area contributed by atoms with E-state index in [1.54, 1.807) is 19.2 Å². The Morgan fingerprint density at radius 2 is 2.00 bits per heavy atom. The largest absolute Gasteiger partial charge is 0.497 e. The fourth-order valence-electron chi connectivity index (χ4n) is 1.91. The number of thioether (sulfide) groups is 1. The summed E-state index contributed by atoms with van der Waals surface area (Å²) in [5.74, 6) is 2.04. The number of benzene rings is 2. The molecule has 0 aliphatic carbocycles. The summed E-state index contributed by atoms with van der Waals surface area (Å²) >= 11 is 7.45. The van der Waals surface area contributed by atoms with Crippen LogP contribution in [0.1, 0.15) is 5.56 Å². The van der Waals surface area contributed by atoms with Gasteiger partial charge in [-0.1, -0.05) is 41.6 Å². The number of ether oxygens (including phenoxy) is 1. The molecule has 1 heterocycles. The zero-order chi connectivity index (χ0) is 15.4. The lowest BCUT2D eigenvalue weighted by Gasteiger charge is -2.02. The third-order valence-electron chi connectivity index (χ3n) is 2.97. The molecule has 4 nitrogen and oxygen atoms in total. The fourth-order valence-corrected chi connectivity index (χ4v) is 2.81. The first kappa shape index (κ1) is 14.9. The summed E-state index contributed by atoms with van der Waals surface area (Å²) < 4.78 is 10.9. The molecule has 0 saturated heterocycles. The lowest BCUT2D eigenvalue weighted by molar-refractivity contribution is 0.414. The van der Waals surface area contributed by atoms with Crippen LogP contribution in [0.25, 0.3) is 11.5 Å². The van der Waals surface area contributed by atoms with Crippen molar-refractivity contribution < 1.29 is 9.15 Å². The highest BCUT2D eigenvalue weighted by molar-refractivity contribution is 7.98. The van der Waals surface area contributed by atoms with E-state index in [0.717, 1.165) is 22.6 Å². The topological polar surface area (TPSA) is 48.2 Å². The van der Waals surface area contributed by atoms with Crippen molar-refractivity contribution in [1.82, 2.24) is 10.2 Å². The average molecular weight is 333 g/mol. The van der Waals surface area contributed by atoms with Crippen LogP contribution in [0.3, 0.4) is 0 Å². The second kappa shape index (κ2) is 6.85. The molecule has 0 amide bonds. The highest BCUT2D eigenvalue weighted by Crippen LogP contribution is 2.27. The molecule has 0 saturated carbocycles. The fraction of sp³-hybridized carbons (Fsp3) is 0.125. The van der Waals surface area contributed by atoms with Gasteiger partial charge in [-0.3, -0.25) is 0 Å². The molecule has 3 aromatic rings. The Hall–Kier alpha value is -1.98. The van der Waals surface area contributed by atoms with Crippen LogP contribution in [0.5, 0.6) is 5.75 Å². The van der Waals surface area contributed by atoms with Crippen LogP contribution in [0.15, 0.2) is 58.2 Å². The number of aromatic nitrogens is 2. The molecule has 1 aromatic heterocycles. The minimum Gasteiger partial charge on any atom is -0.497 e. The summed E-state index contributed by atoms with van der Waals surface area (Å²) in [6, 6.07) is 15.2. The maximum Gasteiger partial charge on any atom is 0.277 e. The third kappa shape index (κ3) is 3.61. The first-order valence-corrected chi connectivity index (χ1v) is 7.96. The van der Waals surface area contributed by atoms with Crippen molar-refractivity contribution in [2.45, 2.75) is 11.0 Å². The van der Waals surface area contributed by atoms with Gasteiger partial charge >= 0.3 is 0 Å². The molecule has 22 heavy (non-hydrogen) atoms. The molecule has 0 atom stereocenters. The second-order valence-corrected chi connectivity index (χ2v) is 5.89. The summed E-state index contributed by atoms with van der Waals surface area (Å²) in [4.78, 5) is 0. The maximum absolute atomic E-state index is 5.96. The van der Waals surface area contributed by atoms with Gasteiger partial charge in [0.15, 0.2) is 0 Å². The second-order valence-electron chi connectivity index (χ2n) is 4.52. The average Bonchev–Trinajstić information content (AvgIpc) is 3.02. The quantitative estimate of drug-likeness (QED) is 0.634. The van der Waals surface area contributed by atoms with E-state index in [9.17, 15) is 0 Å². The first-order chi connectivity index (χ1) is 10.7. The normalized spacial score (nSPS) is 10.6. The number of halogens is 1. The predicted molar refractivity (Wildman–Crippen MR) is 87.3 cm³/mol. The van der Waals surface area contributed by atoms with Crippen molar-refractivity contribution in [3.8, 4) is 17.2 Å². The van der Waals surface area contributed by atoms with E-state index in [-0.39, 0.29) is 0 Å². The van der Waals surface area contributed by atoms with Crippen molar-refractivity contribution in [2.75, 3.05) is 7.11 Å². The van der Waals surface area contributed by atoms with Gasteiger partial charge in [0, 0.05) is 16.3 Å². The van der Waals surface area contributed by atoms with E-state index in [1.165, 1.54) is 11.8 Å². The zero-order valence-electron chi connectivity index (χ0n) is 11.8. The maximum atomic E-state index is 5.96. The SMILES string of the molecule is COc1cccc(CSc2nnc(-c3cccc(Cl)c3)o2)c1. The van der Waals surface area contributed by atoms with Crippen LogP contribution in [0.4, 0.5) is 0 Å². The Morgan fingerprint density at radius 3 is 2.82 bits per heavy atom.